The lowest BCUT2D eigenvalue weighted by Gasteiger charge is -2.31. The fourth-order valence-corrected chi connectivity index (χ4v) is 3.25. The lowest BCUT2D eigenvalue weighted by molar-refractivity contribution is 0.0735. The van der Waals surface area contributed by atoms with Crippen molar-refractivity contribution in [1.82, 2.24) is 0 Å². The maximum atomic E-state index is 10.4. The Morgan fingerprint density at radius 3 is 2.50 bits per heavy atom. The Kier molecular flexibility index (Phi) is 5.08. The molecule has 1 aliphatic rings. The van der Waals surface area contributed by atoms with Crippen LogP contribution in [0.1, 0.15) is 44.6 Å². The average Bonchev–Trinajstić information content (AvgIpc) is 2.41. The molecule has 1 atom stereocenters. The van der Waals surface area contributed by atoms with Gasteiger partial charge in [-0.3, -0.25) is 0 Å². The smallest absolute Gasteiger partial charge is 0.0609 e. The normalized spacial score (nSPS) is 25.9. The van der Waals surface area contributed by atoms with Crippen LogP contribution < -0.4 is 0 Å². The van der Waals surface area contributed by atoms with Crippen LogP contribution in [0.3, 0.4) is 0 Å². The fraction of sp³-hybridized carbons (Fsp3) is 0.625. The fourth-order valence-electron chi connectivity index (χ4n) is 3.04. The Balaban J connectivity index is 1.89. The number of benzene rings is 1. The molecule has 1 nitrogen and oxygen atoms in total. The van der Waals surface area contributed by atoms with Crippen molar-refractivity contribution in [2.75, 3.05) is 0 Å². The molecule has 0 heterocycles. The van der Waals surface area contributed by atoms with Gasteiger partial charge in [0.05, 0.1) is 6.10 Å². The predicted octanol–water partition coefficient (Wildman–Crippen LogP) is 4.46. The summed E-state index contributed by atoms with van der Waals surface area (Å²) >= 11 is 6.14. The third kappa shape index (κ3) is 3.49. The average molecular weight is 267 g/mol. The van der Waals surface area contributed by atoms with Gasteiger partial charge in [0, 0.05) is 11.4 Å². The van der Waals surface area contributed by atoms with Gasteiger partial charge in [0.25, 0.3) is 0 Å². The lowest BCUT2D eigenvalue weighted by Crippen LogP contribution is -2.27. The van der Waals surface area contributed by atoms with Gasteiger partial charge in [-0.25, -0.2) is 0 Å². The zero-order chi connectivity index (χ0) is 13.0. The van der Waals surface area contributed by atoms with Gasteiger partial charge in [-0.15, -0.1) is 0 Å². The van der Waals surface area contributed by atoms with Gasteiger partial charge in [0.15, 0.2) is 0 Å². The number of rotatable bonds is 4. The molecule has 1 saturated carbocycles. The van der Waals surface area contributed by atoms with Gasteiger partial charge in [-0.05, 0) is 36.3 Å². The van der Waals surface area contributed by atoms with Crippen LogP contribution in [0.5, 0.6) is 0 Å². The first-order chi connectivity index (χ1) is 8.70. The molecule has 0 aromatic heterocycles. The van der Waals surface area contributed by atoms with E-state index in [1.165, 1.54) is 32.1 Å². The van der Waals surface area contributed by atoms with Crippen LogP contribution in [0.2, 0.25) is 5.02 Å². The second-order valence-electron chi connectivity index (χ2n) is 5.55. The van der Waals surface area contributed by atoms with Crippen molar-refractivity contribution in [2.45, 2.75) is 51.6 Å². The Morgan fingerprint density at radius 1 is 1.22 bits per heavy atom. The van der Waals surface area contributed by atoms with Crippen molar-refractivity contribution in [3.8, 4) is 0 Å². The minimum absolute atomic E-state index is 0.234. The summed E-state index contributed by atoms with van der Waals surface area (Å²) in [5.41, 5.74) is 1.07. The Bertz CT molecular complexity index is 369. The molecule has 1 aromatic carbocycles. The Hall–Kier alpha value is -0.530. The van der Waals surface area contributed by atoms with E-state index in [-0.39, 0.29) is 6.10 Å². The summed E-state index contributed by atoms with van der Waals surface area (Å²) in [5, 5.41) is 11.1. The summed E-state index contributed by atoms with van der Waals surface area (Å²) in [6, 6.07) is 7.84. The lowest BCUT2D eigenvalue weighted by atomic mass is 9.77. The van der Waals surface area contributed by atoms with Crippen LogP contribution in [0.4, 0.5) is 0 Å². The highest BCUT2D eigenvalue weighted by Crippen LogP contribution is 2.33. The zero-order valence-corrected chi connectivity index (χ0v) is 11.9. The molecule has 0 spiro atoms. The van der Waals surface area contributed by atoms with Crippen molar-refractivity contribution in [3.63, 3.8) is 0 Å². The number of aliphatic hydroxyl groups excluding tert-OH is 1. The van der Waals surface area contributed by atoms with Crippen LogP contribution in [0, 0.1) is 11.8 Å². The van der Waals surface area contributed by atoms with E-state index in [0.29, 0.717) is 12.3 Å². The first kappa shape index (κ1) is 13.9. The minimum atomic E-state index is -0.234. The number of hydrogen-bond acceptors (Lipinski definition) is 1. The molecule has 2 rings (SSSR count). The summed E-state index contributed by atoms with van der Waals surface area (Å²) in [6.45, 7) is 2.27. The number of halogens is 1. The summed E-state index contributed by atoms with van der Waals surface area (Å²) in [4.78, 5) is 0. The maximum absolute atomic E-state index is 10.4. The molecular weight excluding hydrogens is 244 g/mol. The van der Waals surface area contributed by atoms with E-state index in [0.717, 1.165) is 16.5 Å². The second kappa shape index (κ2) is 6.58. The topological polar surface area (TPSA) is 20.2 Å². The molecule has 0 saturated heterocycles. The minimum Gasteiger partial charge on any atom is -0.392 e. The van der Waals surface area contributed by atoms with E-state index in [4.69, 9.17) is 11.6 Å². The molecule has 1 N–H and O–H groups in total. The standard InChI is InChI=1S/C16H23ClO/c1-2-12-7-9-13(10-8-12)16(18)11-14-5-3-4-6-15(14)17/h3-6,12-13,16,18H,2,7-11H2,1H3. The number of aliphatic hydroxyl groups is 1. The largest absolute Gasteiger partial charge is 0.392 e. The van der Waals surface area contributed by atoms with Crippen molar-refractivity contribution in [2.24, 2.45) is 11.8 Å². The van der Waals surface area contributed by atoms with Crippen LogP contribution >= 0.6 is 11.6 Å². The van der Waals surface area contributed by atoms with Crippen molar-refractivity contribution < 1.29 is 5.11 Å². The molecule has 18 heavy (non-hydrogen) atoms. The van der Waals surface area contributed by atoms with Crippen molar-refractivity contribution in [1.29, 1.82) is 0 Å². The highest BCUT2D eigenvalue weighted by Gasteiger charge is 2.26. The molecule has 1 fully saturated rings. The van der Waals surface area contributed by atoms with Gasteiger partial charge in [0.1, 0.15) is 0 Å². The Morgan fingerprint density at radius 2 is 1.89 bits per heavy atom. The quantitative estimate of drug-likeness (QED) is 0.853. The molecule has 0 radical (unpaired) electrons. The van der Waals surface area contributed by atoms with E-state index in [1.54, 1.807) is 0 Å². The predicted molar refractivity (Wildman–Crippen MR) is 76.9 cm³/mol. The first-order valence-corrected chi connectivity index (χ1v) is 7.50. The molecular formula is C16H23ClO. The van der Waals surface area contributed by atoms with Crippen LogP contribution in [0.25, 0.3) is 0 Å². The van der Waals surface area contributed by atoms with E-state index < -0.39 is 0 Å². The molecule has 1 unspecified atom stereocenters. The highest BCUT2D eigenvalue weighted by atomic mass is 35.5. The Labute approximate surface area is 115 Å². The van der Waals surface area contributed by atoms with Crippen LogP contribution in [-0.2, 0) is 6.42 Å². The monoisotopic (exact) mass is 266 g/mol. The van der Waals surface area contributed by atoms with Gasteiger partial charge < -0.3 is 5.11 Å². The SMILES string of the molecule is CCC1CCC(C(O)Cc2ccccc2Cl)CC1. The van der Waals surface area contributed by atoms with E-state index >= 15 is 0 Å². The summed E-state index contributed by atoms with van der Waals surface area (Å²) in [7, 11) is 0. The summed E-state index contributed by atoms with van der Waals surface area (Å²) in [5.74, 6) is 1.35. The van der Waals surface area contributed by atoms with E-state index in [2.05, 4.69) is 6.92 Å². The first-order valence-electron chi connectivity index (χ1n) is 7.12. The van der Waals surface area contributed by atoms with Crippen LogP contribution in [0.15, 0.2) is 24.3 Å². The third-order valence-corrected chi connectivity index (χ3v) is 4.77. The number of hydrogen-bond donors (Lipinski definition) is 1. The molecule has 2 heteroatoms. The second-order valence-corrected chi connectivity index (χ2v) is 5.96. The van der Waals surface area contributed by atoms with Crippen LogP contribution in [-0.4, -0.2) is 11.2 Å². The molecule has 0 aliphatic heterocycles. The molecule has 100 valence electrons. The molecule has 0 amide bonds. The van der Waals surface area contributed by atoms with Gasteiger partial charge in [-0.1, -0.05) is 56.0 Å². The van der Waals surface area contributed by atoms with Gasteiger partial charge in [0.2, 0.25) is 0 Å². The van der Waals surface area contributed by atoms with E-state index in [9.17, 15) is 5.11 Å². The molecule has 1 aliphatic carbocycles. The van der Waals surface area contributed by atoms with Gasteiger partial charge >= 0.3 is 0 Å². The van der Waals surface area contributed by atoms with Gasteiger partial charge in [-0.2, -0.15) is 0 Å². The highest BCUT2D eigenvalue weighted by molar-refractivity contribution is 6.31. The van der Waals surface area contributed by atoms with E-state index in [1.807, 2.05) is 24.3 Å². The molecule has 0 bridgehead atoms. The van der Waals surface area contributed by atoms with Crippen molar-refractivity contribution >= 4 is 11.6 Å². The van der Waals surface area contributed by atoms with Crippen molar-refractivity contribution in [3.05, 3.63) is 34.9 Å². The summed E-state index contributed by atoms with van der Waals surface area (Å²) in [6.07, 6.45) is 6.65. The zero-order valence-electron chi connectivity index (χ0n) is 11.1. The summed E-state index contributed by atoms with van der Waals surface area (Å²) < 4.78 is 0. The molecule has 1 aromatic rings. The third-order valence-electron chi connectivity index (χ3n) is 4.40. The maximum Gasteiger partial charge on any atom is 0.0609 e.